The zero-order chi connectivity index (χ0) is 24.7. The number of fused-ring (bicyclic) bond motifs is 1. The van der Waals surface area contributed by atoms with E-state index in [0.29, 0.717) is 47.0 Å². The van der Waals surface area contributed by atoms with Crippen LogP contribution in [0, 0.1) is 0 Å². The molecule has 5 N–H and O–H groups in total. The Morgan fingerprint density at radius 2 is 1.97 bits per heavy atom. The van der Waals surface area contributed by atoms with E-state index in [1.54, 1.807) is 43.1 Å². The number of hydrogen-bond donors (Lipinski definition) is 4. The number of aliphatic hydroxyl groups excluding tert-OH is 1. The van der Waals surface area contributed by atoms with Crippen molar-refractivity contribution >= 4 is 22.7 Å². The van der Waals surface area contributed by atoms with Gasteiger partial charge in [0.1, 0.15) is 22.5 Å². The van der Waals surface area contributed by atoms with Crippen LogP contribution in [0.2, 0.25) is 0 Å². The summed E-state index contributed by atoms with van der Waals surface area (Å²) in [6, 6.07) is 3.62. The number of nitrogen functional groups attached to an aromatic ring is 1. The first kappa shape index (κ1) is 23.1. The van der Waals surface area contributed by atoms with Gasteiger partial charge >= 0.3 is 0 Å². The molecule has 0 amide bonds. The predicted molar refractivity (Wildman–Crippen MR) is 132 cm³/mol. The van der Waals surface area contributed by atoms with E-state index in [1.807, 2.05) is 13.1 Å². The molecule has 1 fully saturated rings. The molecule has 0 aromatic carbocycles. The Labute approximate surface area is 202 Å². The smallest absolute Gasteiger partial charge is 0.175 e. The van der Waals surface area contributed by atoms with Crippen LogP contribution in [0.25, 0.3) is 28.0 Å². The summed E-state index contributed by atoms with van der Waals surface area (Å²) >= 11 is 0. The standard InChI is InChI=1S/C24H29N9O2/c1-4-17-23(28-14-5-6-15(34)9-14)30-20-16(11-26-22(25)21(20)29-17)13-10-27-33(12-13)19-8-7-18(31-32-19)24(2,3)35/h7-8,10-12,14-15,34-35H,4-6,9H2,1-3H3,(H2,25,26)(H,28,30)/t14-,15+/m1/s1. The summed E-state index contributed by atoms with van der Waals surface area (Å²) in [4.78, 5) is 14.1. The summed E-state index contributed by atoms with van der Waals surface area (Å²) in [5, 5.41) is 36.3. The number of aromatic nitrogens is 7. The van der Waals surface area contributed by atoms with Crippen LogP contribution >= 0.6 is 0 Å². The van der Waals surface area contributed by atoms with Crippen LogP contribution in [0.15, 0.2) is 30.7 Å². The Hall–Kier alpha value is -3.70. The molecule has 4 aromatic rings. The predicted octanol–water partition coefficient (Wildman–Crippen LogP) is 2.36. The van der Waals surface area contributed by atoms with Gasteiger partial charge in [0.15, 0.2) is 11.6 Å². The van der Waals surface area contributed by atoms with Gasteiger partial charge in [0.25, 0.3) is 0 Å². The van der Waals surface area contributed by atoms with Crippen LogP contribution in [0.1, 0.15) is 51.4 Å². The SMILES string of the molecule is CCc1nc2c(N)ncc(-c3cnn(-c4ccc(C(C)(C)O)nn4)c3)c2nc1N[C@@H]1CC[C@H](O)C1. The number of nitrogens with one attached hydrogen (secondary N) is 1. The minimum Gasteiger partial charge on any atom is -0.393 e. The number of aryl methyl sites for hydroxylation is 1. The van der Waals surface area contributed by atoms with Crippen molar-refractivity contribution in [3.8, 4) is 16.9 Å². The first-order chi connectivity index (χ1) is 16.7. The van der Waals surface area contributed by atoms with Crippen LogP contribution in [0.4, 0.5) is 11.6 Å². The van der Waals surface area contributed by atoms with Crippen LogP contribution in [-0.4, -0.2) is 57.3 Å². The van der Waals surface area contributed by atoms with Crippen molar-refractivity contribution in [1.29, 1.82) is 0 Å². The highest BCUT2D eigenvalue weighted by Gasteiger charge is 2.25. The Bertz CT molecular complexity index is 1360. The number of anilines is 2. The van der Waals surface area contributed by atoms with Crippen molar-refractivity contribution < 1.29 is 10.2 Å². The van der Waals surface area contributed by atoms with Crippen molar-refractivity contribution in [1.82, 2.24) is 34.9 Å². The molecule has 0 unspecified atom stereocenters. The van der Waals surface area contributed by atoms with Crippen molar-refractivity contribution in [2.75, 3.05) is 11.1 Å². The molecule has 5 rings (SSSR count). The highest BCUT2D eigenvalue weighted by Crippen LogP contribution is 2.32. The van der Waals surface area contributed by atoms with Crippen molar-refractivity contribution in [2.45, 2.75) is 64.2 Å². The molecule has 2 atom stereocenters. The molecule has 1 aliphatic rings. The average molecular weight is 476 g/mol. The molecule has 182 valence electrons. The zero-order valence-corrected chi connectivity index (χ0v) is 20.0. The number of aliphatic hydroxyl groups is 2. The summed E-state index contributed by atoms with van der Waals surface area (Å²) in [5.41, 5.74) is 9.06. The van der Waals surface area contributed by atoms with E-state index in [9.17, 15) is 10.2 Å². The topological polar surface area (TPSA) is 161 Å². The van der Waals surface area contributed by atoms with E-state index < -0.39 is 5.60 Å². The molecule has 0 radical (unpaired) electrons. The molecule has 4 heterocycles. The number of hydrogen-bond acceptors (Lipinski definition) is 10. The van der Waals surface area contributed by atoms with Gasteiger partial charge in [-0.25, -0.2) is 19.6 Å². The first-order valence-electron chi connectivity index (χ1n) is 11.7. The van der Waals surface area contributed by atoms with Gasteiger partial charge in [0, 0.05) is 29.6 Å². The van der Waals surface area contributed by atoms with E-state index in [0.717, 1.165) is 29.7 Å². The van der Waals surface area contributed by atoms with Gasteiger partial charge in [-0.05, 0) is 51.7 Å². The fraction of sp³-hybridized carbons (Fsp3) is 0.417. The van der Waals surface area contributed by atoms with E-state index in [1.165, 1.54) is 0 Å². The highest BCUT2D eigenvalue weighted by atomic mass is 16.3. The van der Waals surface area contributed by atoms with E-state index in [4.69, 9.17) is 15.7 Å². The lowest BCUT2D eigenvalue weighted by atomic mass is 10.1. The lowest BCUT2D eigenvalue weighted by molar-refractivity contribution is 0.0728. The Balaban J connectivity index is 1.53. The molecule has 1 saturated carbocycles. The summed E-state index contributed by atoms with van der Waals surface area (Å²) < 4.78 is 1.60. The third-order valence-electron chi connectivity index (χ3n) is 6.28. The number of rotatable bonds is 6. The Kier molecular flexibility index (Phi) is 5.81. The molecule has 0 spiro atoms. The molecule has 11 heteroatoms. The molecule has 0 saturated heterocycles. The van der Waals surface area contributed by atoms with E-state index in [-0.39, 0.29) is 12.1 Å². The summed E-state index contributed by atoms with van der Waals surface area (Å²) in [6.07, 6.45) is 7.94. The molecular formula is C24H29N9O2. The average Bonchev–Trinajstić information content (AvgIpc) is 3.48. The minimum absolute atomic E-state index is 0.151. The van der Waals surface area contributed by atoms with Gasteiger partial charge in [0.2, 0.25) is 0 Å². The van der Waals surface area contributed by atoms with Crippen LogP contribution in [-0.2, 0) is 12.0 Å². The monoisotopic (exact) mass is 475 g/mol. The van der Waals surface area contributed by atoms with Crippen LogP contribution in [0.5, 0.6) is 0 Å². The third kappa shape index (κ3) is 4.52. The molecule has 0 bridgehead atoms. The highest BCUT2D eigenvalue weighted by molar-refractivity contribution is 5.96. The number of nitrogens with zero attached hydrogens (tertiary/aromatic N) is 7. The fourth-order valence-electron chi connectivity index (χ4n) is 4.31. The Morgan fingerprint density at radius 3 is 2.63 bits per heavy atom. The van der Waals surface area contributed by atoms with Gasteiger partial charge in [-0.15, -0.1) is 5.10 Å². The van der Waals surface area contributed by atoms with Gasteiger partial charge in [-0.3, -0.25) is 0 Å². The maximum atomic E-state index is 10.1. The Morgan fingerprint density at radius 1 is 1.14 bits per heavy atom. The van der Waals surface area contributed by atoms with Gasteiger partial charge in [0.05, 0.1) is 23.7 Å². The molecule has 1 aliphatic carbocycles. The maximum Gasteiger partial charge on any atom is 0.175 e. The lowest BCUT2D eigenvalue weighted by Gasteiger charge is -2.17. The van der Waals surface area contributed by atoms with Crippen molar-refractivity contribution in [3.05, 3.63) is 42.1 Å². The van der Waals surface area contributed by atoms with Gasteiger partial charge < -0.3 is 21.3 Å². The molecular weight excluding hydrogens is 446 g/mol. The quantitative estimate of drug-likeness (QED) is 0.326. The van der Waals surface area contributed by atoms with E-state index >= 15 is 0 Å². The second-order valence-electron chi connectivity index (χ2n) is 9.44. The summed E-state index contributed by atoms with van der Waals surface area (Å²) in [6.45, 7) is 5.34. The molecule has 4 aromatic heterocycles. The van der Waals surface area contributed by atoms with Crippen LogP contribution < -0.4 is 11.1 Å². The molecule has 35 heavy (non-hydrogen) atoms. The largest absolute Gasteiger partial charge is 0.393 e. The maximum absolute atomic E-state index is 10.1. The normalized spacial score (nSPS) is 18.3. The molecule has 0 aliphatic heterocycles. The van der Waals surface area contributed by atoms with E-state index in [2.05, 4.69) is 25.6 Å². The lowest BCUT2D eigenvalue weighted by Crippen LogP contribution is -2.19. The third-order valence-corrected chi connectivity index (χ3v) is 6.28. The second kappa shape index (κ2) is 8.82. The summed E-state index contributed by atoms with van der Waals surface area (Å²) in [5.74, 6) is 1.53. The van der Waals surface area contributed by atoms with Gasteiger partial charge in [-0.1, -0.05) is 6.92 Å². The second-order valence-corrected chi connectivity index (χ2v) is 9.44. The van der Waals surface area contributed by atoms with Crippen molar-refractivity contribution in [3.63, 3.8) is 0 Å². The van der Waals surface area contributed by atoms with Crippen molar-refractivity contribution in [2.24, 2.45) is 0 Å². The number of pyridine rings is 1. The minimum atomic E-state index is -1.08. The zero-order valence-electron chi connectivity index (χ0n) is 20.0. The fourth-order valence-corrected chi connectivity index (χ4v) is 4.31. The number of nitrogens with two attached hydrogens (primary N) is 1. The van der Waals surface area contributed by atoms with Gasteiger partial charge in [-0.2, -0.15) is 10.2 Å². The first-order valence-corrected chi connectivity index (χ1v) is 11.7. The van der Waals surface area contributed by atoms with Crippen LogP contribution in [0.3, 0.4) is 0 Å². The summed E-state index contributed by atoms with van der Waals surface area (Å²) in [7, 11) is 0. The molecule has 11 nitrogen and oxygen atoms in total.